The first-order valence-corrected chi connectivity index (χ1v) is 11.7. The molecular formula is C17H20BrN3O3S2. The Hall–Kier alpha value is -1.29. The van der Waals surface area contributed by atoms with Gasteiger partial charge in [0.1, 0.15) is 0 Å². The predicted octanol–water partition coefficient (Wildman–Crippen LogP) is 3.11. The fraction of sp³-hybridized carbons (Fsp3) is 0.412. The molecule has 1 aromatic carbocycles. The van der Waals surface area contributed by atoms with E-state index in [1.807, 2.05) is 12.1 Å². The maximum atomic E-state index is 12.4. The SMILES string of the molecule is CS(=O)(=O)N1CCC(C(=O)Nc2ncc(Cc3ccc(Br)cc3)s2)CC1. The Bertz CT molecular complexity index is 873. The Balaban J connectivity index is 1.54. The second-order valence-electron chi connectivity index (χ2n) is 6.36. The van der Waals surface area contributed by atoms with Crippen LogP contribution in [0.4, 0.5) is 5.13 Å². The number of aromatic nitrogens is 1. The lowest BCUT2D eigenvalue weighted by Crippen LogP contribution is -2.40. The third-order valence-corrected chi connectivity index (χ3v) is 7.11. The smallest absolute Gasteiger partial charge is 0.229 e. The highest BCUT2D eigenvalue weighted by Crippen LogP contribution is 2.25. The average Bonchev–Trinajstić information content (AvgIpc) is 3.03. The van der Waals surface area contributed by atoms with Crippen LogP contribution in [0.5, 0.6) is 0 Å². The summed E-state index contributed by atoms with van der Waals surface area (Å²) in [6.07, 6.45) is 4.84. The molecule has 0 radical (unpaired) electrons. The van der Waals surface area contributed by atoms with E-state index in [9.17, 15) is 13.2 Å². The maximum absolute atomic E-state index is 12.4. The monoisotopic (exact) mass is 457 g/mol. The zero-order chi connectivity index (χ0) is 18.7. The number of thiazole rings is 1. The fourth-order valence-corrected chi connectivity index (χ4v) is 4.90. The molecule has 2 aromatic rings. The van der Waals surface area contributed by atoms with Gasteiger partial charge in [0.15, 0.2) is 5.13 Å². The number of rotatable bonds is 5. The van der Waals surface area contributed by atoms with Crippen molar-refractivity contribution in [3.8, 4) is 0 Å². The molecule has 1 fully saturated rings. The molecule has 1 N–H and O–H groups in total. The largest absolute Gasteiger partial charge is 0.302 e. The number of amides is 1. The maximum Gasteiger partial charge on any atom is 0.229 e. The number of hydrogen-bond acceptors (Lipinski definition) is 5. The first-order chi connectivity index (χ1) is 12.3. The van der Waals surface area contributed by atoms with Gasteiger partial charge in [-0.3, -0.25) is 4.79 Å². The number of piperidine rings is 1. The molecule has 0 aliphatic carbocycles. The number of nitrogens with zero attached hydrogens (tertiary/aromatic N) is 2. The van der Waals surface area contributed by atoms with E-state index in [0.717, 1.165) is 15.8 Å². The van der Waals surface area contributed by atoms with Crippen LogP contribution in [0.25, 0.3) is 0 Å². The average molecular weight is 458 g/mol. The molecule has 26 heavy (non-hydrogen) atoms. The van der Waals surface area contributed by atoms with E-state index in [1.165, 1.54) is 27.5 Å². The van der Waals surface area contributed by atoms with Crippen LogP contribution < -0.4 is 5.32 Å². The van der Waals surface area contributed by atoms with Crippen molar-refractivity contribution in [2.75, 3.05) is 24.7 Å². The topological polar surface area (TPSA) is 79.4 Å². The van der Waals surface area contributed by atoms with Crippen molar-refractivity contribution in [2.24, 2.45) is 5.92 Å². The number of anilines is 1. The molecule has 0 bridgehead atoms. The van der Waals surface area contributed by atoms with Crippen LogP contribution in [-0.4, -0.2) is 43.0 Å². The minimum atomic E-state index is -3.17. The van der Waals surface area contributed by atoms with Crippen LogP contribution in [0.1, 0.15) is 23.3 Å². The number of benzene rings is 1. The van der Waals surface area contributed by atoms with Crippen molar-refractivity contribution < 1.29 is 13.2 Å². The van der Waals surface area contributed by atoms with E-state index in [-0.39, 0.29) is 11.8 Å². The van der Waals surface area contributed by atoms with Crippen LogP contribution in [0.2, 0.25) is 0 Å². The summed E-state index contributed by atoms with van der Waals surface area (Å²) in [6, 6.07) is 8.11. The van der Waals surface area contributed by atoms with Gasteiger partial charge in [0.2, 0.25) is 15.9 Å². The predicted molar refractivity (Wildman–Crippen MR) is 107 cm³/mol. The first kappa shape index (κ1) is 19.5. The summed E-state index contributed by atoms with van der Waals surface area (Å²) in [7, 11) is -3.17. The fourth-order valence-electron chi connectivity index (χ4n) is 2.91. The molecule has 1 saturated heterocycles. The Labute approximate surface area is 165 Å². The van der Waals surface area contributed by atoms with Gasteiger partial charge in [-0.1, -0.05) is 28.1 Å². The normalized spacial score (nSPS) is 16.5. The van der Waals surface area contributed by atoms with Crippen molar-refractivity contribution >= 4 is 48.3 Å². The summed E-state index contributed by atoms with van der Waals surface area (Å²) < 4.78 is 25.5. The summed E-state index contributed by atoms with van der Waals surface area (Å²) in [4.78, 5) is 17.8. The molecule has 1 aliphatic rings. The Morgan fingerprint density at radius 1 is 1.31 bits per heavy atom. The highest BCUT2D eigenvalue weighted by Gasteiger charge is 2.29. The second-order valence-corrected chi connectivity index (χ2v) is 10.4. The summed E-state index contributed by atoms with van der Waals surface area (Å²) in [5.41, 5.74) is 1.18. The summed E-state index contributed by atoms with van der Waals surface area (Å²) in [5.74, 6) is -0.255. The van der Waals surface area contributed by atoms with Crippen molar-refractivity contribution in [3.63, 3.8) is 0 Å². The van der Waals surface area contributed by atoms with Crippen LogP contribution in [0, 0.1) is 5.92 Å². The van der Waals surface area contributed by atoms with Gasteiger partial charge in [-0.15, -0.1) is 11.3 Å². The minimum Gasteiger partial charge on any atom is -0.302 e. The summed E-state index contributed by atoms with van der Waals surface area (Å²) in [6.45, 7) is 0.785. The van der Waals surface area contributed by atoms with Gasteiger partial charge in [0.05, 0.1) is 6.26 Å². The molecule has 0 saturated carbocycles. The number of hydrogen-bond donors (Lipinski definition) is 1. The summed E-state index contributed by atoms with van der Waals surface area (Å²) in [5, 5.41) is 3.46. The van der Waals surface area contributed by atoms with Gasteiger partial charge in [-0.25, -0.2) is 17.7 Å². The van der Waals surface area contributed by atoms with E-state index in [2.05, 4.69) is 38.4 Å². The number of nitrogens with one attached hydrogen (secondary N) is 1. The van der Waals surface area contributed by atoms with Crippen LogP contribution in [0.3, 0.4) is 0 Å². The molecule has 1 amide bonds. The number of halogens is 1. The zero-order valence-corrected chi connectivity index (χ0v) is 17.5. The van der Waals surface area contributed by atoms with Crippen molar-refractivity contribution in [3.05, 3.63) is 45.4 Å². The van der Waals surface area contributed by atoms with Crippen LogP contribution in [0.15, 0.2) is 34.9 Å². The number of carbonyl (C=O) groups is 1. The van der Waals surface area contributed by atoms with Gasteiger partial charge in [-0.05, 0) is 30.5 Å². The summed E-state index contributed by atoms with van der Waals surface area (Å²) >= 11 is 4.89. The number of sulfonamides is 1. The Morgan fingerprint density at radius 2 is 1.96 bits per heavy atom. The zero-order valence-electron chi connectivity index (χ0n) is 14.3. The molecule has 0 atom stereocenters. The first-order valence-electron chi connectivity index (χ1n) is 8.26. The molecule has 0 unspecified atom stereocenters. The molecule has 9 heteroatoms. The van der Waals surface area contributed by atoms with Gasteiger partial charge in [0, 0.05) is 41.0 Å². The Morgan fingerprint density at radius 3 is 2.58 bits per heavy atom. The van der Waals surface area contributed by atoms with Crippen LogP contribution >= 0.6 is 27.3 Å². The lowest BCUT2D eigenvalue weighted by atomic mass is 9.97. The van der Waals surface area contributed by atoms with E-state index in [1.54, 1.807) is 6.20 Å². The van der Waals surface area contributed by atoms with E-state index < -0.39 is 10.0 Å². The van der Waals surface area contributed by atoms with Gasteiger partial charge < -0.3 is 5.32 Å². The lowest BCUT2D eigenvalue weighted by molar-refractivity contribution is -0.120. The van der Waals surface area contributed by atoms with E-state index >= 15 is 0 Å². The third-order valence-electron chi connectivity index (χ3n) is 4.37. The van der Waals surface area contributed by atoms with Gasteiger partial charge in [-0.2, -0.15) is 0 Å². The molecular weight excluding hydrogens is 438 g/mol. The molecule has 1 aromatic heterocycles. The lowest BCUT2D eigenvalue weighted by Gasteiger charge is -2.29. The van der Waals surface area contributed by atoms with E-state index in [4.69, 9.17) is 0 Å². The molecule has 0 spiro atoms. The number of carbonyl (C=O) groups excluding carboxylic acids is 1. The van der Waals surface area contributed by atoms with E-state index in [0.29, 0.717) is 31.1 Å². The Kier molecular flexibility index (Phi) is 6.11. The third kappa shape index (κ3) is 5.12. The quantitative estimate of drug-likeness (QED) is 0.747. The van der Waals surface area contributed by atoms with Gasteiger partial charge >= 0.3 is 0 Å². The highest BCUT2D eigenvalue weighted by molar-refractivity contribution is 9.10. The van der Waals surface area contributed by atoms with Gasteiger partial charge in [0.25, 0.3) is 0 Å². The standard InChI is InChI=1S/C17H20BrN3O3S2/c1-26(23,24)21-8-6-13(7-9-21)16(22)20-17-19-11-15(25-17)10-12-2-4-14(18)5-3-12/h2-5,11,13H,6-10H2,1H3,(H,19,20,22). The van der Waals surface area contributed by atoms with Crippen molar-refractivity contribution in [2.45, 2.75) is 19.3 Å². The van der Waals surface area contributed by atoms with Crippen LogP contribution in [-0.2, 0) is 21.2 Å². The highest BCUT2D eigenvalue weighted by atomic mass is 79.9. The van der Waals surface area contributed by atoms with Crippen molar-refractivity contribution in [1.82, 2.24) is 9.29 Å². The molecule has 6 nitrogen and oxygen atoms in total. The minimum absolute atomic E-state index is 0.0808. The molecule has 140 valence electrons. The molecule has 2 heterocycles. The molecule has 1 aliphatic heterocycles. The molecule has 3 rings (SSSR count). The second kappa shape index (κ2) is 8.16. The van der Waals surface area contributed by atoms with Crippen molar-refractivity contribution in [1.29, 1.82) is 0 Å².